The Kier molecular flexibility index (Phi) is 5.97. The van der Waals surface area contributed by atoms with Crippen molar-refractivity contribution in [2.75, 3.05) is 19.5 Å². The van der Waals surface area contributed by atoms with Crippen molar-refractivity contribution in [3.63, 3.8) is 0 Å². The van der Waals surface area contributed by atoms with Gasteiger partial charge in [-0.25, -0.2) is 14.2 Å². The van der Waals surface area contributed by atoms with Crippen LogP contribution in [0.4, 0.5) is 18.7 Å². The van der Waals surface area contributed by atoms with E-state index in [1.54, 1.807) is 19.2 Å². The fourth-order valence-corrected chi connectivity index (χ4v) is 2.43. The Morgan fingerprint density at radius 2 is 2.22 bits per heavy atom. The molecule has 0 atom stereocenters. The molecule has 124 valence electrons. The monoisotopic (exact) mass is 342 g/mol. The Morgan fingerprint density at radius 3 is 2.91 bits per heavy atom. The Hall–Kier alpha value is -2.10. The molecule has 2 aromatic rings. The van der Waals surface area contributed by atoms with Crippen LogP contribution >= 0.6 is 11.3 Å². The number of carbonyl (C=O) groups excluding carboxylic acids is 1. The van der Waals surface area contributed by atoms with E-state index in [0.717, 1.165) is 11.3 Å². The van der Waals surface area contributed by atoms with Crippen LogP contribution in [-0.4, -0.2) is 30.2 Å². The molecule has 1 heterocycles. The second-order valence-electron chi connectivity index (χ2n) is 4.65. The van der Waals surface area contributed by atoms with E-state index in [2.05, 4.69) is 15.6 Å². The molecular formula is C14H16F2N4O2S. The molecule has 0 saturated heterocycles. The van der Waals surface area contributed by atoms with Crippen molar-refractivity contribution in [2.24, 2.45) is 0 Å². The van der Waals surface area contributed by atoms with E-state index in [1.165, 1.54) is 24.3 Å². The molecule has 0 spiro atoms. The number of amides is 2. The van der Waals surface area contributed by atoms with Gasteiger partial charge in [0.15, 0.2) is 5.13 Å². The Labute approximate surface area is 136 Å². The van der Waals surface area contributed by atoms with Crippen LogP contribution in [0, 0.1) is 10.9 Å². The van der Waals surface area contributed by atoms with Gasteiger partial charge in [-0.05, 0) is 17.7 Å². The van der Waals surface area contributed by atoms with E-state index in [0.29, 0.717) is 5.56 Å². The predicted molar refractivity (Wildman–Crippen MR) is 82.8 cm³/mol. The van der Waals surface area contributed by atoms with Crippen LogP contribution in [-0.2, 0) is 17.9 Å². The lowest BCUT2D eigenvalue weighted by Gasteiger charge is -2.10. The van der Waals surface area contributed by atoms with Gasteiger partial charge in [-0.3, -0.25) is 5.32 Å². The standard InChI is InChI=1S/C14H16F2N4O2S/c1-20(22-2)8-11-12(16)23-14(18-11)19-13(21)17-7-9-4-3-5-10(15)6-9/h3-6H,7-8H2,1-2H3,(H2,17,18,19,21). The van der Waals surface area contributed by atoms with Crippen LogP contribution in [0.5, 0.6) is 0 Å². The maximum Gasteiger partial charge on any atom is 0.321 e. The van der Waals surface area contributed by atoms with E-state index in [-0.39, 0.29) is 29.7 Å². The highest BCUT2D eigenvalue weighted by atomic mass is 32.1. The fourth-order valence-electron chi connectivity index (χ4n) is 1.73. The normalized spacial score (nSPS) is 10.8. The second kappa shape index (κ2) is 7.95. The summed E-state index contributed by atoms with van der Waals surface area (Å²) >= 11 is 0.727. The summed E-state index contributed by atoms with van der Waals surface area (Å²) in [6.45, 7) is 0.308. The van der Waals surface area contributed by atoms with Gasteiger partial charge in [-0.15, -0.1) is 0 Å². The number of thiazole rings is 1. The first-order chi connectivity index (χ1) is 11.0. The molecule has 0 saturated carbocycles. The van der Waals surface area contributed by atoms with Gasteiger partial charge in [-0.2, -0.15) is 9.45 Å². The number of rotatable bonds is 6. The van der Waals surface area contributed by atoms with Crippen molar-refractivity contribution in [1.29, 1.82) is 0 Å². The highest BCUT2D eigenvalue weighted by Crippen LogP contribution is 2.22. The molecular weight excluding hydrogens is 326 g/mol. The number of hydrogen-bond acceptors (Lipinski definition) is 5. The SMILES string of the molecule is CON(C)Cc1nc(NC(=O)NCc2cccc(F)c2)sc1F. The third kappa shape index (κ3) is 5.23. The van der Waals surface area contributed by atoms with Crippen LogP contribution in [0.1, 0.15) is 11.3 Å². The number of benzene rings is 1. The number of hydrogen-bond donors (Lipinski definition) is 2. The molecule has 0 fully saturated rings. The molecule has 2 amide bonds. The molecule has 6 nitrogen and oxygen atoms in total. The zero-order valence-electron chi connectivity index (χ0n) is 12.6. The van der Waals surface area contributed by atoms with E-state index in [4.69, 9.17) is 4.84 Å². The minimum Gasteiger partial charge on any atom is -0.334 e. The molecule has 2 rings (SSSR count). The molecule has 0 aliphatic carbocycles. The molecule has 23 heavy (non-hydrogen) atoms. The van der Waals surface area contributed by atoms with Crippen molar-refractivity contribution < 1.29 is 18.4 Å². The van der Waals surface area contributed by atoms with Crippen LogP contribution in [0.15, 0.2) is 24.3 Å². The number of aromatic nitrogens is 1. The van der Waals surface area contributed by atoms with Gasteiger partial charge in [0.2, 0.25) is 5.13 Å². The van der Waals surface area contributed by atoms with Crippen molar-refractivity contribution in [2.45, 2.75) is 13.1 Å². The Morgan fingerprint density at radius 1 is 1.43 bits per heavy atom. The van der Waals surface area contributed by atoms with Crippen molar-refractivity contribution in [1.82, 2.24) is 15.4 Å². The molecule has 0 unspecified atom stereocenters. The molecule has 9 heteroatoms. The van der Waals surface area contributed by atoms with Crippen LogP contribution < -0.4 is 10.6 Å². The third-order valence-corrected chi connectivity index (χ3v) is 3.70. The number of nitrogens with zero attached hydrogens (tertiary/aromatic N) is 2. The predicted octanol–water partition coefficient (Wildman–Crippen LogP) is 2.74. The zero-order valence-corrected chi connectivity index (χ0v) is 13.4. The van der Waals surface area contributed by atoms with E-state index in [1.807, 2.05) is 0 Å². The lowest BCUT2D eigenvalue weighted by molar-refractivity contribution is -0.117. The van der Waals surface area contributed by atoms with Gasteiger partial charge in [0.25, 0.3) is 0 Å². The average molecular weight is 342 g/mol. The van der Waals surface area contributed by atoms with E-state index in [9.17, 15) is 13.6 Å². The summed E-state index contributed by atoms with van der Waals surface area (Å²) in [6, 6.07) is 5.33. The van der Waals surface area contributed by atoms with Gasteiger partial charge < -0.3 is 10.2 Å². The van der Waals surface area contributed by atoms with Gasteiger partial charge in [0.1, 0.15) is 11.5 Å². The molecule has 2 N–H and O–H groups in total. The summed E-state index contributed by atoms with van der Waals surface area (Å²) < 4.78 is 26.7. The lowest BCUT2D eigenvalue weighted by Crippen LogP contribution is -2.28. The third-order valence-electron chi connectivity index (χ3n) is 2.90. The van der Waals surface area contributed by atoms with Gasteiger partial charge in [0, 0.05) is 13.6 Å². The molecule has 0 radical (unpaired) electrons. The Balaban J connectivity index is 1.89. The minimum absolute atomic E-state index is 0.138. The number of nitrogens with one attached hydrogen (secondary N) is 2. The molecule has 0 aliphatic heterocycles. The summed E-state index contributed by atoms with van der Waals surface area (Å²) in [5.74, 6) is -0.376. The quantitative estimate of drug-likeness (QED) is 0.792. The lowest BCUT2D eigenvalue weighted by atomic mass is 10.2. The topological polar surface area (TPSA) is 66.5 Å². The summed E-state index contributed by atoms with van der Waals surface area (Å²) in [6.07, 6.45) is 0. The largest absolute Gasteiger partial charge is 0.334 e. The number of urea groups is 1. The van der Waals surface area contributed by atoms with E-state index >= 15 is 0 Å². The van der Waals surface area contributed by atoms with Crippen molar-refractivity contribution in [3.05, 3.63) is 46.5 Å². The number of anilines is 1. The number of halogens is 2. The summed E-state index contributed by atoms with van der Waals surface area (Å²) in [4.78, 5) is 20.7. The number of carbonyl (C=O) groups is 1. The second-order valence-corrected chi connectivity index (χ2v) is 5.59. The maximum atomic E-state index is 13.7. The fraction of sp³-hybridized carbons (Fsp3) is 0.286. The highest BCUT2D eigenvalue weighted by Gasteiger charge is 2.14. The van der Waals surface area contributed by atoms with Gasteiger partial charge in [-0.1, -0.05) is 23.5 Å². The summed E-state index contributed by atoms with van der Waals surface area (Å²) in [7, 11) is 3.10. The summed E-state index contributed by atoms with van der Waals surface area (Å²) in [5, 5.41) is 6.05. The van der Waals surface area contributed by atoms with Gasteiger partial charge in [0.05, 0.1) is 13.7 Å². The Bertz CT molecular complexity index is 681. The average Bonchev–Trinajstić information content (AvgIpc) is 2.84. The molecule has 1 aromatic heterocycles. The van der Waals surface area contributed by atoms with Crippen molar-refractivity contribution in [3.8, 4) is 0 Å². The maximum absolute atomic E-state index is 13.7. The first-order valence-corrected chi connectivity index (χ1v) is 7.49. The molecule has 0 bridgehead atoms. The van der Waals surface area contributed by atoms with Crippen LogP contribution in [0.2, 0.25) is 0 Å². The molecule has 1 aromatic carbocycles. The van der Waals surface area contributed by atoms with Crippen LogP contribution in [0.25, 0.3) is 0 Å². The smallest absolute Gasteiger partial charge is 0.321 e. The minimum atomic E-state index is -0.547. The highest BCUT2D eigenvalue weighted by molar-refractivity contribution is 7.14. The van der Waals surface area contributed by atoms with E-state index < -0.39 is 11.2 Å². The zero-order chi connectivity index (χ0) is 16.8. The van der Waals surface area contributed by atoms with Crippen molar-refractivity contribution >= 4 is 22.5 Å². The van der Waals surface area contributed by atoms with Crippen LogP contribution in [0.3, 0.4) is 0 Å². The van der Waals surface area contributed by atoms with Gasteiger partial charge >= 0.3 is 6.03 Å². The first-order valence-electron chi connectivity index (χ1n) is 6.67. The first kappa shape index (κ1) is 17.3. The summed E-state index contributed by atoms with van der Waals surface area (Å²) in [5.41, 5.74) is 0.799. The number of hydroxylamine groups is 2. The molecule has 0 aliphatic rings.